The van der Waals surface area contributed by atoms with Crippen molar-refractivity contribution >= 4 is 15.7 Å². The Morgan fingerprint density at radius 3 is 3.05 bits per heavy atom. The first-order valence-corrected chi connectivity index (χ1v) is 8.10. The van der Waals surface area contributed by atoms with Crippen LogP contribution in [0.25, 0.3) is 0 Å². The topological polar surface area (TPSA) is 67.4 Å². The average molecular weight is 282 g/mol. The highest BCUT2D eigenvalue weighted by molar-refractivity contribution is 7.89. The predicted octanol–water partition coefficient (Wildman–Crippen LogP) is 1.11. The van der Waals surface area contributed by atoms with Gasteiger partial charge < -0.3 is 10.1 Å². The van der Waals surface area contributed by atoms with E-state index in [1.54, 1.807) is 12.1 Å². The van der Waals surface area contributed by atoms with Crippen LogP contribution >= 0.6 is 0 Å². The van der Waals surface area contributed by atoms with Gasteiger partial charge in [-0.25, -0.2) is 13.1 Å². The minimum Gasteiger partial charge on any atom is -0.385 e. The van der Waals surface area contributed by atoms with Crippen molar-refractivity contribution in [3.63, 3.8) is 0 Å². The molecule has 2 heterocycles. The van der Waals surface area contributed by atoms with Gasteiger partial charge in [-0.2, -0.15) is 0 Å². The number of nitrogens with one attached hydrogen (secondary N) is 2. The van der Waals surface area contributed by atoms with Crippen LogP contribution in [0.4, 0.5) is 5.69 Å². The van der Waals surface area contributed by atoms with Crippen molar-refractivity contribution in [3.05, 3.63) is 23.8 Å². The Kier molecular flexibility index (Phi) is 3.47. The Morgan fingerprint density at radius 1 is 1.37 bits per heavy atom. The number of benzene rings is 1. The lowest BCUT2D eigenvalue weighted by Crippen LogP contribution is -2.35. The van der Waals surface area contributed by atoms with Crippen LogP contribution < -0.4 is 10.0 Å². The molecule has 1 unspecified atom stereocenters. The molecule has 0 aromatic heterocycles. The molecule has 6 heteroatoms. The minimum absolute atomic E-state index is 0.0980. The number of fused-ring (bicyclic) bond motifs is 1. The largest absolute Gasteiger partial charge is 0.385 e. The summed E-state index contributed by atoms with van der Waals surface area (Å²) in [5, 5.41) is 3.28. The number of hydrogen-bond acceptors (Lipinski definition) is 4. The van der Waals surface area contributed by atoms with E-state index in [1.807, 2.05) is 6.07 Å². The summed E-state index contributed by atoms with van der Waals surface area (Å²) in [6, 6.07) is 5.20. The fourth-order valence-corrected chi connectivity index (χ4v) is 3.84. The van der Waals surface area contributed by atoms with E-state index in [0.717, 1.165) is 37.1 Å². The minimum atomic E-state index is -3.43. The van der Waals surface area contributed by atoms with Crippen molar-refractivity contribution in [2.75, 3.05) is 25.1 Å². The molecule has 0 aliphatic carbocycles. The van der Waals surface area contributed by atoms with E-state index in [2.05, 4.69) is 10.0 Å². The summed E-state index contributed by atoms with van der Waals surface area (Å²) in [6.07, 6.45) is 2.71. The molecule has 2 aliphatic rings. The molecule has 2 aliphatic heterocycles. The number of sulfonamides is 1. The molecular weight excluding hydrogens is 264 g/mol. The second-order valence-electron chi connectivity index (χ2n) is 5.03. The van der Waals surface area contributed by atoms with Crippen LogP contribution in [0.2, 0.25) is 0 Å². The predicted molar refractivity (Wildman–Crippen MR) is 72.8 cm³/mol. The normalized spacial score (nSPS) is 22.8. The first kappa shape index (κ1) is 12.9. The summed E-state index contributed by atoms with van der Waals surface area (Å²) in [7, 11) is -3.43. The quantitative estimate of drug-likeness (QED) is 0.871. The first-order chi connectivity index (χ1) is 9.15. The lowest BCUT2D eigenvalue weighted by molar-refractivity contribution is 0.192. The Labute approximate surface area is 113 Å². The van der Waals surface area contributed by atoms with Crippen molar-refractivity contribution in [3.8, 4) is 0 Å². The van der Waals surface area contributed by atoms with Crippen molar-refractivity contribution < 1.29 is 13.2 Å². The van der Waals surface area contributed by atoms with Crippen LogP contribution in [-0.2, 0) is 21.2 Å². The van der Waals surface area contributed by atoms with Gasteiger partial charge in [0.05, 0.1) is 11.5 Å². The van der Waals surface area contributed by atoms with Gasteiger partial charge in [0.25, 0.3) is 0 Å². The monoisotopic (exact) mass is 282 g/mol. The van der Waals surface area contributed by atoms with Gasteiger partial charge in [-0.1, -0.05) is 0 Å². The van der Waals surface area contributed by atoms with Crippen molar-refractivity contribution in [2.24, 2.45) is 0 Å². The Morgan fingerprint density at radius 2 is 2.26 bits per heavy atom. The van der Waals surface area contributed by atoms with Crippen molar-refractivity contribution in [2.45, 2.75) is 30.2 Å². The third-order valence-electron chi connectivity index (χ3n) is 3.58. The number of anilines is 1. The van der Waals surface area contributed by atoms with Gasteiger partial charge in [-0.3, -0.25) is 0 Å². The van der Waals surface area contributed by atoms with Crippen LogP contribution in [0.5, 0.6) is 0 Å². The number of hydrogen-bond donors (Lipinski definition) is 2. The molecule has 3 rings (SSSR count). The maximum absolute atomic E-state index is 12.3. The molecule has 0 saturated carbocycles. The summed E-state index contributed by atoms with van der Waals surface area (Å²) in [6.45, 7) is 2.05. The standard InChI is InChI=1S/C13H18N2O3S/c16-19(17,15-11-5-7-18-9-11)12-3-4-13-10(8-12)2-1-6-14-13/h3-4,8,11,14-15H,1-2,5-7,9H2. The van der Waals surface area contributed by atoms with Crippen LogP contribution in [0.3, 0.4) is 0 Å². The molecule has 0 bridgehead atoms. The highest BCUT2D eigenvalue weighted by atomic mass is 32.2. The van der Waals surface area contributed by atoms with Gasteiger partial charge in [0, 0.05) is 24.9 Å². The first-order valence-electron chi connectivity index (χ1n) is 6.62. The summed E-state index contributed by atoms with van der Waals surface area (Å²) in [4.78, 5) is 0.349. The maximum atomic E-state index is 12.3. The highest BCUT2D eigenvalue weighted by Crippen LogP contribution is 2.25. The molecular formula is C13H18N2O3S. The van der Waals surface area contributed by atoms with Crippen LogP contribution in [-0.4, -0.2) is 34.2 Å². The van der Waals surface area contributed by atoms with Gasteiger partial charge >= 0.3 is 0 Å². The molecule has 5 nitrogen and oxygen atoms in total. The zero-order chi connectivity index (χ0) is 13.3. The molecule has 0 spiro atoms. The van der Waals surface area contributed by atoms with E-state index >= 15 is 0 Å². The van der Waals surface area contributed by atoms with Crippen molar-refractivity contribution in [1.29, 1.82) is 0 Å². The van der Waals surface area contributed by atoms with Gasteiger partial charge in [0.2, 0.25) is 10.0 Å². The average Bonchev–Trinajstić information content (AvgIpc) is 2.90. The SMILES string of the molecule is O=S(=O)(NC1CCOC1)c1ccc2c(c1)CCCN2. The Balaban J connectivity index is 1.84. The Hall–Kier alpha value is -1.11. The van der Waals surface area contributed by atoms with Gasteiger partial charge in [0.1, 0.15) is 0 Å². The van der Waals surface area contributed by atoms with E-state index in [9.17, 15) is 8.42 Å². The summed E-state index contributed by atoms with van der Waals surface area (Å²) in [5.74, 6) is 0. The van der Waals surface area contributed by atoms with Crippen molar-refractivity contribution in [1.82, 2.24) is 4.72 Å². The lowest BCUT2D eigenvalue weighted by atomic mass is 10.0. The number of ether oxygens (including phenoxy) is 1. The van der Waals surface area contributed by atoms with E-state index in [-0.39, 0.29) is 6.04 Å². The fourth-order valence-electron chi connectivity index (χ4n) is 2.53. The van der Waals surface area contributed by atoms with Crippen LogP contribution in [0, 0.1) is 0 Å². The number of aryl methyl sites for hydroxylation is 1. The Bertz CT molecular complexity index is 565. The second kappa shape index (κ2) is 5.11. The third kappa shape index (κ3) is 2.75. The number of rotatable bonds is 3. The molecule has 1 aromatic carbocycles. The van der Waals surface area contributed by atoms with Gasteiger partial charge in [0.15, 0.2) is 0 Å². The molecule has 104 valence electrons. The van der Waals surface area contributed by atoms with Gasteiger partial charge in [-0.05, 0) is 43.0 Å². The molecule has 1 aromatic rings. The second-order valence-corrected chi connectivity index (χ2v) is 6.75. The fraction of sp³-hybridized carbons (Fsp3) is 0.538. The molecule has 1 fully saturated rings. The summed E-state index contributed by atoms with van der Waals surface area (Å²) < 4.78 is 32.5. The molecule has 19 heavy (non-hydrogen) atoms. The molecule has 1 atom stereocenters. The van der Waals surface area contributed by atoms with E-state index in [1.165, 1.54) is 0 Å². The van der Waals surface area contributed by atoms with Crippen LogP contribution in [0.1, 0.15) is 18.4 Å². The lowest BCUT2D eigenvalue weighted by Gasteiger charge is -2.19. The summed E-state index contributed by atoms with van der Waals surface area (Å²) in [5.41, 5.74) is 2.13. The van der Waals surface area contributed by atoms with E-state index in [0.29, 0.717) is 18.1 Å². The smallest absolute Gasteiger partial charge is 0.240 e. The van der Waals surface area contributed by atoms with Gasteiger partial charge in [-0.15, -0.1) is 0 Å². The molecule has 0 radical (unpaired) electrons. The zero-order valence-electron chi connectivity index (χ0n) is 10.7. The van der Waals surface area contributed by atoms with E-state index < -0.39 is 10.0 Å². The third-order valence-corrected chi connectivity index (χ3v) is 5.10. The molecule has 1 saturated heterocycles. The van der Waals surface area contributed by atoms with Crippen LogP contribution in [0.15, 0.2) is 23.1 Å². The molecule has 0 amide bonds. The zero-order valence-corrected chi connectivity index (χ0v) is 11.5. The summed E-state index contributed by atoms with van der Waals surface area (Å²) >= 11 is 0. The maximum Gasteiger partial charge on any atom is 0.240 e. The van der Waals surface area contributed by atoms with E-state index in [4.69, 9.17) is 4.74 Å². The highest BCUT2D eigenvalue weighted by Gasteiger charge is 2.24. The molecule has 2 N–H and O–H groups in total.